The molecular weight excluding hydrogens is 309 g/mol. The molecule has 0 aliphatic heterocycles. The number of rotatable bonds is 7. The third-order valence-corrected chi connectivity index (χ3v) is 4.20. The summed E-state index contributed by atoms with van der Waals surface area (Å²) in [5, 5.41) is 15.6. The molecule has 1 aliphatic rings. The van der Waals surface area contributed by atoms with E-state index in [4.69, 9.17) is 0 Å². The van der Waals surface area contributed by atoms with Crippen LogP contribution in [-0.2, 0) is 19.3 Å². The van der Waals surface area contributed by atoms with Crippen LogP contribution in [0.1, 0.15) is 46.3 Å². The van der Waals surface area contributed by atoms with Gasteiger partial charge in [0.2, 0.25) is 0 Å². The molecule has 1 saturated carbocycles. The lowest BCUT2D eigenvalue weighted by Crippen LogP contribution is -2.46. The Hall–Kier alpha value is -1.44. The molecule has 0 amide bonds. The van der Waals surface area contributed by atoms with Crippen molar-refractivity contribution < 1.29 is 23.1 Å². The van der Waals surface area contributed by atoms with Crippen molar-refractivity contribution >= 4 is 6.29 Å². The van der Waals surface area contributed by atoms with Gasteiger partial charge < -0.3 is 15.7 Å². The van der Waals surface area contributed by atoms with Gasteiger partial charge in [-0.25, -0.2) is 0 Å². The molecule has 3 N–H and O–H groups in total. The van der Waals surface area contributed by atoms with E-state index in [0.29, 0.717) is 31.2 Å². The Kier molecular flexibility index (Phi) is 5.44. The maximum Gasteiger partial charge on any atom is 0.416 e. The number of halogens is 3. The van der Waals surface area contributed by atoms with Crippen LogP contribution >= 0.6 is 0 Å². The molecule has 128 valence electrons. The average Bonchev–Trinajstić information content (AvgIpc) is 2.45. The van der Waals surface area contributed by atoms with Gasteiger partial charge in [0, 0.05) is 25.2 Å². The zero-order valence-corrected chi connectivity index (χ0v) is 13.0. The first-order chi connectivity index (χ1) is 10.8. The van der Waals surface area contributed by atoms with Crippen molar-refractivity contribution in [3.05, 3.63) is 34.4 Å². The minimum Gasteiger partial charge on any atom is -0.389 e. The summed E-state index contributed by atoms with van der Waals surface area (Å²) in [6, 6.07) is 2.53. The van der Waals surface area contributed by atoms with E-state index in [9.17, 15) is 23.1 Å². The second kappa shape index (κ2) is 6.98. The van der Waals surface area contributed by atoms with Gasteiger partial charge in [0.25, 0.3) is 0 Å². The molecule has 2 rings (SSSR count). The first-order valence-electron chi connectivity index (χ1n) is 7.55. The smallest absolute Gasteiger partial charge is 0.389 e. The minimum absolute atomic E-state index is 0.0314. The van der Waals surface area contributed by atoms with E-state index in [1.54, 1.807) is 0 Å². The Bertz CT molecular complexity index is 569. The molecule has 0 heterocycles. The molecule has 0 saturated heterocycles. The summed E-state index contributed by atoms with van der Waals surface area (Å²) in [6.45, 7) is 0.478. The largest absolute Gasteiger partial charge is 0.416 e. The fourth-order valence-electron chi connectivity index (χ4n) is 2.79. The van der Waals surface area contributed by atoms with Crippen LogP contribution in [0.5, 0.6) is 0 Å². The SMILES string of the molecule is CNCc1c(C=O)cc(CNCC2(O)CCC2)cc1C(F)(F)F. The summed E-state index contributed by atoms with van der Waals surface area (Å²) in [5.74, 6) is 0. The fourth-order valence-corrected chi connectivity index (χ4v) is 2.79. The summed E-state index contributed by atoms with van der Waals surface area (Å²) < 4.78 is 39.7. The number of aldehydes is 1. The van der Waals surface area contributed by atoms with Crippen molar-refractivity contribution in [2.45, 2.75) is 44.1 Å². The molecule has 7 heteroatoms. The van der Waals surface area contributed by atoms with Gasteiger partial charge in [0.05, 0.1) is 11.2 Å². The standard InChI is InChI=1S/C16H21F3N2O2/c1-20-8-13-12(9-22)5-11(6-14(13)16(17,18)19)7-21-10-15(23)3-2-4-15/h5-6,9,20-21,23H,2-4,7-8,10H2,1H3. The Labute approximate surface area is 133 Å². The van der Waals surface area contributed by atoms with E-state index in [1.807, 2.05) is 0 Å². The van der Waals surface area contributed by atoms with Crippen LogP contribution in [0.2, 0.25) is 0 Å². The molecule has 0 spiro atoms. The molecule has 1 aliphatic carbocycles. The average molecular weight is 330 g/mol. The van der Waals surface area contributed by atoms with Crippen LogP contribution in [0.3, 0.4) is 0 Å². The molecule has 4 nitrogen and oxygen atoms in total. The van der Waals surface area contributed by atoms with Gasteiger partial charge in [0.1, 0.15) is 6.29 Å². The van der Waals surface area contributed by atoms with Crippen LogP contribution in [-0.4, -0.2) is 30.6 Å². The van der Waals surface area contributed by atoms with E-state index in [0.717, 1.165) is 12.5 Å². The van der Waals surface area contributed by atoms with Gasteiger partial charge in [-0.15, -0.1) is 0 Å². The monoisotopic (exact) mass is 330 g/mol. The van der Waals surface area contributed by atoms with Crippen molar-refractivity contribution in [2.75, 3.05) is 13.6 Å². The highest BCUT2D eigenvalue weighted by molar-refractivity contribution is 5.78. The molecule has 0 radical (unpaired) electrons. The summed E-state index contributed by atoms with van der Waals surface area (Å²) in [7, 11) is 1.53. The van der Waals surface area contributed by atoms with Crippen molar-refractivity contribution in [3.63, 3.8) is 0 Å². The number of carbonyl (C=O) groups is 1. The molecule has 1 aromatic carbocycles. The van der Waals surface area contributed by atoms with E-state index in [2.05, 4.69) is 10.6 Å². The highest BCUT2D eigenvalue weighted by atomic mass is 19.4. The van der Waals surface area contributed by atoms with Gasteiger partial charge in [-0.3, -0.25) is 4.79 Å². The van der Waals surface area contributed by atoms with Crippen molar-refractivity contribution in [1.29, 1.82) is 0 Å². The first kappa shape index (κ1) is 17.9. The van der Waals surface area contributed by atoms with Crippen LogP contribution in [0, 0.1) is 0 Å². The number of hydrogen-bond acceptors (Lipinski definition) is 4. The first-order valence-corrected chi connectivity index (χ1v) is 7.55. The summed E-state index contributed by atoms with van der Waals surface area (Å²) in [5.41, 5.74) is -1.17. The highest BCUT2D eigenvalue weighted by Crippen LogP contribution is 2.34. The predicted octanol–water partition coefficient (Wildman–Crippen LogP) is 2.24. The Balaban J connectivity index is 2.20. The van der Waals surface area contributed by atoms with Gasteiger partial charge in [-0.2, -0.15) is 13.2 Å². The zero-order valence-electron chi connectivity index (χ0n) is 13.0. The lowest BCUT2D eigenvalue weighted by atomic mass is 9.80. The number of carbonyl (C=O) groups excluding carboxylic acids is 1. The van der Waals surface area contributed by atoms with Crippen molar-refractivity contribution in [3.8, 4) is 0 Å². The Morgan fingerprint density at radius 1 is 1.30 bits per heavy atom. The third-order valence-electron chi connectivity index (χ3n) is 4.20. The number of aliphatic hydroxyl groups is 1. The molecule has 1 aromatic rings. The Morgan fingerprint density at radius 2 is 2.00 bits per heavy atom. The predicted molar refractivity (Wildman–Crippen MR) is 80.1 cm³/mol. The normalized spacial score (nSPS) is 16.9. The lowest BCUT2D eigenvalue weighted by molar-refractivity contribution is -0.138. The molecule has 0 atom stereocenters. The van der Waals surface area contributed by atoms with Crippen LogP contribution in [0.15, 0.2) is 12.1 Å². The second-order valence-electron chi connectivity index (χ2n) is 6.04. The number of benzene rings is 1. The third kappa shape index (κ3) is 4.31. The van der Waals surface area contributed by atoms with E-state index < -0.39 is 17.3 Å². The molecule has 23 heavy (non-hydrogen) atoms. The summed E-state index contributed by atoms with van der Waals surface area (Å²) in [6.07, 6.45) is -1.70. The molecule has 1 fully saturated rings. The second-order valence-corrected chi connectivity index (χ2v) is 6.04. The number of alkyl halides is 3. The molecule has 0 unspecified atom stereocenters. The van der Waals surface area contributed by atoms with Crippen LogP contribution < -0.4 is 10.6 Å². The van der Waals surface area contributed by atoms with Gasteiger partial charge >= 0.3 is 6.18 Å². The van der Waals surface area contributed by atoms with E-state index in [1.165, 1.54) is 13.1 Å². The fraction of sp³-hybridized carbons (Fsp3) is 0.562. The van der Waals surface area contributed by atoms with Crippen LogP contribution in [0.4, 0.5) is 13.2 Å². The van der Waals surface area contributed by atoms with E-state index in [-0.39, 0.29) is 24.2 Å². The maximum absolute atomic E-state index is 13.2. The minimum atomic E-state index is -4.52. The van der Waals surface area contributed by atoms with Gasteiger partial charge in [-0.05, 0) is 49.6 Å². The van der Waals surface area contributed by atoms with Crippen LogP contribution in [0.25, 0.3) is 0 Å². The van der Waals surface area contributed by atoms with Crippen molar-refractivity contribution in [2.24, 2.45) is 0 Å². The summed E-state index contributed by atoms with van der Waals surface area (Å²) >= 11 is 0. The highest BCUT2D eigenvalue weighted by Gasteiger charge is 2.35. The quantitative estimate of drug-likeness (QED) is 0.671. The summed E-state index contributed by atoms with van der Waals surface area (Å²) in [4.78, 5) is 11.2. The molecule has 0 bridgehead atoms. The zero-order chi connectivity index (χ0) is 17.1. The van der Waals surface area contributed by atoms with E-state index >= 15 is 0 Å². The molecular formula is C16H21F3N2O2. The van der Waals surface area contributed by atoms with Gasteiger partial charge in [-0.1, -0.05) is 0 Å². The maximum atomic E-state index is 13.2. The Morgan fingerprint density at radius 3 is 2.48 bits per heavy atom. The van der Waals surface area contributed by atoms with Gasteiger partial charge in [0.15, 0.2) is 0 Å². The topological polar surface area (TPSA) is 61.4 Å². The number of hydrogen-bond donors (Lipinski definition) is 3. The number of nitrogens with one attached hydrogen (secondary N) is 2. The molecule has 0 aromatic heterocycles. The lowest BCUT2D eigenvalue weighted by Gasteiger charge is -2.36. The van der Waals surface area contributed by atoms with Crippen molar-refractivity contribution in [1.82, 2.24) is 10.6 Å².